The number of H-pyrrole nitrogens is 1. The van der Waals surface area contributed by atoms with Crippen LogP contribution in [0.15, 0.2) is 18.2 Å². The lowest BCUT2D eigenvalue weighted by atomic mass is 10.0. The molecule has 2 rings (SSSR count). The number of aromatic amines is 1. The van der Waals surface area contributed by atoms with E-state index in [1.165, 1.54) is 12.1 Å². The topological polar surface area (TPSA) is 58.9 Å². The highest BCUT2D eigenvalue weighted by molar-refractivity contribution is 6.09. The van der Waals surface area contributed by atoms with Gasteiger partial charge in [0.15, 0.2) is 5.78 Å². The van der Waals surface area contributed by atoms with Crippen LogP contribution < -0.4 is 5.73 Å². The molecule has 0 bridgehead atoms. The van der Waals surface area contributed by atoms with Gasteiger partial charge in [0.2, 0.25) is 0 Å². The number of carbonyl (C=O) groups is 1. The van der Waals surface area contributed by atoms with Gasteiger partial charge < -0.3 is 10.7 Å². The second kappa shape index (κ2) is 4.06. The van der Waals surface area contributed by atoms with Crippen LogP contribution in [0.2, 0.25) is 0 Å². The number of ketones is 1. The third-order valence-electron chi connectivity index (χ3n) is 2.60. The fourth-order valence-electron chi connectivity index (χ4n) is 1.92. The second-order valence-electron chi connectivity index (χ2n) is 3.78. The van der Waals surface area contributed by atoms with E-state index in [4.69, 9.17) is 5.73 Å². The zero-order chi connectivity index (χ0) is 11.7. The summed E-state index contributed by atoms with van der Waals surface area (Å²) in [5.41, 5.74) is 7.40. The number of hydrogen-bond acceptors (Lipinski definition) is 2. The number of nitrogens with two attached hydrogens (primary N) is 1. The Morgan fingerprint density at radius 1 is 1.50 bits per heavy atom. The molecule has 0 fully saturated rings. The predicted octanol–water partition coefficient (Wildman–Crippen LogP) is 2.15. The molecule has 0 aliphatic rings. The summed E-state index contributed by atoms with van der Waals surface area (Å²) in [6.07, 6.45) is 0.311. The van der Waals surface area contributed by atoms with Gasteiger partial charge in [-0.15, -0.1) is 0 Å². The summed E-state index contributed by atoms with van der Waals surface area (Å²) in [6.45, 7) is 2.13. The fourth-order valence-corrected chi connectivity index (χ4v) is 1.92. The van der Waals surface area contributed by atoms with Gasteiger partial charge in [-0.3, -0.25) is 4.79 Å². The minimum atomic E-state index is -0.313. The highest BCUT2D eigenvalue weighted by Crippen LogP contribution is 2.23. The first kappa shape index (κ1) is 10.8. The predicted molar refractivity (Wildman–Crippen MR) is 61.0 cm³/mol. The van der Waals surface area contributed by atoms with E-state index in [0.29, 0.717) is 24.0 Å². The zero-order valence-corrected chi connectivity index (χ0v) is 9.01. The van der Waals surface area contributed by atoms with Gasteiger partial charge in [0.1, 0.15) is 5.82 Å². The van der Waals surface area contributed by atoms with Crippen LogP contribution in [0.1, 0.15) is 22.5 Å². The van der Waals surface area contributed by atoms with Crippen molar-refractivity contribution >= 4 is 16.7 Å². The van der Waals surface area contributed by atoms with Gasteiger partial charge in [-0.1, -0.05) is 0 Å². The standard InChI is InChI=1S/C12H13FN2O/c1-7-12(11(16)4-5-14)9-3-2-8(13)6-10(9)15-7/h2-3,6,15H,4-5,14H2,1H3. The molecule has 0 amide bonds. The number of aromatic nitrogens is 1. The Morgan fingerprint density at radius 3 is 2.94 bits per heavy atom. The summed E-state index contributed by atoms with van der Waals surface area (Å²) in [7, 11) is 0. The first-order valence-electron chi connectivity index (χ1n) is 5.14. The van der Waals surface area contributed by atoms with Crippen LogP contribution in [0, 0.1) is 12.7 Å². The van der Waals surface area contributed by atoms with Gasteiger partial charge in [0.05, 0.1) is 0 Å². The van der Waals surface area contributed by atoms with Crippen LogP contribution in [0.25, 0.3) is 10.9 Å². The third-order valence-corrected chi connectivity index (χ3v) is 2.60. The van der Waals surface area contributed by atoms with Gasteiger partial charge in [0, 0.05) is 28.6 Å². The van der Waals surface area contributed by atoms with Crippen LogP contribution >= 0.6 is 0 Å². The van der Waals surface area contributed by atoms with Crippen LogP contribution in [-0.2, 0) is 0 Å². The molecular weight excluding hydrogens is 207 g/mol. The molecule has 1 heterocycles. The molecule has 16 heavy (non-hydrogen) atoms. The lowest BCUT2D eigenvalue weighted by Crippen LogP contribution is -2.08. The van der Waals surface area contributed by atoms with Crippen LogP contribution in [0.3, 0.4) is 0 Å². The fraction of sp³-hybridized carbons (Fsp3) is 0.250. The number of benzene rings is 1. The molecule has 84 valence electrons. The van der Waals surface area contributed by atoms with Gasteiger partial charge in [-0.25, -0.2) is 4.39 Å². The molecule has 0 atom stereocenters. The van der Waals surface area contributed by atoms with Crippen molar-refractivity contribution in [2.45, 2.75) is 13.3 Å². The SMILES string of the molecule is Cc1[nH]c2cc(F)ccc2c1C(=O)CCN. The Morgan fingerprint density at radius 2 is 2.25 bits per heavy atom. The molecular formula is C12H13FN2O. The third kappa shape index (κ3) is 1.72. The number of carbonyl (C=O) groups excluding carboxylic acids is 1. The van der Waals surface area contributed by atoms with Gasteiger partial charge >= 0.3 is 0 Å². The quantitative estimate of drug-likeness (QED) is 0.778. The minimum Gasteiger partial charge on any atom is -0.358 e. The van der Waals surface area contributed by atoms with E-state index in [-0.39, 0.29) is 11.6 Å². The molecule has 0 saturated carbocycles. The van der Waals surface area contributed by atoms with Gasteiger partial charge in [0.25, 0.3) is 0 Å². The lowest BCUT2D eigenvalue weighted by molar-refractivity contribution is 0.0986. The summed E-state index contributed by atoms with van der Waals surface area (Å²) in [4.78, 5) is 14.8. The number of halogens is 1. The number of hydrogen-bond donors (Lipinski definition) is 2. The maximum atomic E-state index is 13.0. The lowest BCUT2D eigenvalue weighted by Gasteiger charge is -1.98. The van der Waals surface area contributed by atoms with Crippen molar-refractivity contribution in [3.63, 3.8) is 0 Å². The van der Waals surface area contributed by atoms with Crippen LogP contribution in [0.4, 0.5) is 4.39 Å². The Balaban J connectivity index is 2.60. The van der Waals surface area contributed by atoms with E-state index >= 15 is 0 Å². The number of fused-ring (bicyclic) bond motifs is 1. The number of aryl methyl sites for hydroxylation is 1. The van der Waals surface area contributed by atoms with Crippen molar-refractivity contribution in [1.82, 2.24) is 4.98 Å². The Labute approximate surface area is 92.4 Å². The first-order chi connectivity index (χ1) is 7.63. The first-order valence-corrected chi connectivity index (χ1v) is 5.14. The van der Waals surface area contributed by atoms with Crippen molar-refractivity contribution in [3.8, 4) is 0 Å². The monoisotopic (exact) mass is 220 g/mol. The zero-order valence-electron chi connectivity index (χ0n) is 9.01. The summed E-state index contributed by atoms with van der Waals surface area (Å²) in [5, 5.41) is 0.761. The normalized spacial score (nSPS) is 10.9. The Hall–Kier alpha value is -1.68. The van der Waals surface area contributed by atoms with Gasteiger partial charge in [-0.05, 0) is 31.7 Å². The average molecular weight is 220 g/mol. The van der Waals surface area contributed by atoms with E-state index in [1.807, 2.05) is 6.92 Å². The highest BCUT2D eigenvalue weighted by atomic mass is 19.1. The molecule has 4 heteroatoms. The summed E-state index contributed by atoms with van der Waals surface area (Å²) in [6, 6.07) is 4.37. The Kier molecular flexibility index (Phi) is 2.75. The summed E-state index contributed by atoms with van der Waals surface area (Å²) >= 11 is 0. The molecule has 2 aromatic rings. The molecule has 0 saturated heterocycles. The van der Waals surface area contributed by atoms with Crippen molar-refractivity contribution in [1.29, 1.82) is 0 Å². The van der Waals surface area contributed by atoms with E-state index in [9.17, 15) is 9.18 Å². The molecule has 0 unspecified atom stereocenters. The smallest absolute Gasteiger partial charge is 0.166 e. The van der Waals surface area contributed by atoms with Crippen LogP contribution in [0.5, 0.6) is 0 Å². The highest BCUT2D eigenvalue weighted by Gasteiger charge is 2.15. The minimum absolute atomic E-state index is 0.00198. The average Bonchev–Trinajstić information content (AvgIpc) is 2.53. The molecule has 1 aromatic carbocycles. The summed E-state index contributed by atoms with van der Waals surface area (Å²) < 4.78 is 13.0. The summed E-state index contributed by atoms with van der Waals surface area (Å²) in [5.74, 6) is -0.315. The molecule has 1 aromatic heterocycles. The molecule has 0 spiro atoms. The second-order valence-corrected chi connectivity index (χ2v) is 3.78. The van der Waals surface area contributed by atoms with Crippen molar-refractivity contribution in [2.24, 2.45) is 5.73 Å². The number of rotatable bonds is 3. The number of Topliss-reactive ketones (excluding diaryl/α,β-unsaturated/α-hetero) is 1. The maximum Gasteiger partial charge on any atom is 0.166 e. The largest absolute Gasteiger partial charge is 0.358 e. The van der Waals surface area contributed by atoms with E-state index in [0.717, 1.165) is 11.1 Å². The van der Waals surface area contributed by atoms with E-state index < -0.39 is 0 Å². The molecule has 3 nitrogen and oxygen atoms in total. The van der Waals surface area contributed by atoms with E-state index in [2.05, 4.69) is 4.98 Å². The Bertz CT molecular complexity index is 545. The van der Waals surface area contributed by atoms with Crippen molar-refractivity contribution in [2.75, 3.05) is 6.54 Å². The van der Waals surface area contributed by atoms with Crippen molar-refractivity contribution < 1.29 is 9.18 Å². The molecule has 0 aliphatic heterocycles. The molecule has 0 aliphatic carbocycles. The van der Waals surface area contributed by atoms with Gasteiger partial charge in [-0.2, -0.15) is 0 Å². The molecule has 3 N–H and O–H groups in total. The van der Waals surface area contributed by atoms with Crippen molar-refractivity contribution in [3.05, 3.63) is 35.3 Å². The number of nitrogens with one attached hydrogen (secondary N) is 1. The van der Waals surface area contributed by atoms with Crippen LogP contribution in [-0.4, -0.2) is 17.3 Å². The van der Waals surface area contributed by atoms with E-state index in [1.54, 1.807) is 6.07 Å². The molecule has 0 radical (unpaired) electrons. The maximum absolute atomic E-state index is 13.0.